The molecule has 1 aromatic carbocycles. The fraction of sp³-hybridized carbons (Fsp3) is 0.684. The number of nitrogens with one attached hydrogen (secondary N) is 1. The van der Waals surface area contributed by atoms with E-state index in [2.05, 4.69) is 65.1 Å². The zero-order valence-corrected chi connectivity index (χ0v) is 14.8. The van der Waals surface area contributed by atoms with Crippen molar-refractivity contribution in [2.75, 3.05) is 13.2 Å². The van der Waals surface area contributed by atoms with Gasteiger partial charge in [-0.2, -0.15) is 0 Å². The fourth-order valence-electron chi connectivity index (χ4n) is 2.31. The molecular formula is C19H33NO. The zero-order valence-electron chi connectivity index (χ0n) is 14.8. The first-order valence-electron chi connectivity index (χ1n) is 8.34. The van der Waals surface area contributed by atoms with Gasteiger partial charge in [0.05, 0.1) is 6.61 Å². The van der Waals surface area contributed by atoms with Gasteiger partial charge in [-0.05, 0) is 48.4 Å². The van der Waals surface area contributed by atoms with Crippen LogP contribution in [0.25, 0.3) is 0 Å². The molecule has 120 valence electrons. The van der Waals surface area contributed by atoms with Gasteiger partial charge in [0.1, 0.15) is 5.75 Å². The summed E-state index contributed by atoms with van der Waals surface area (Å²) in [5.41, 5.74) is 2.83. The first kappa shape index (κ1) is 18.0. The molecule has 21 heavy (non-hydrogen) atoms. The van der Waals surface area contributed by atoms with Crippen LogP contribution in [-0.4, -0.2) is 19.2 Å². The predicted octanol–water partition coefficient (Wildman–Crippen LogP) is 4.70. The van der Waals surface area contributed by atoms with Crippen molar-refractivity contribution in [2.24, 2.45) is 0 Å². The summed E-state index contributed by atoms with van der Waals surface area (Å²) in [6.45, 7) is 15.2. The Bertz CT molecular complexity index is 418. The van der Waals surface area contributed by atoms with Crippen LogP contribution in [-0.2, 0) is 11.8 Å². The van der Waals surface area contributed by atoms with Crippen molar-refractivity contribution in [1.29, 1.82) is 0 Å². The molecule has 0 amide bonds. The summed E-state index contributed by atoms with van der Waals surface area (Å²) in [5, 5.41) is 3.44. The van der Waals surface area contributed by atoms with E-state index in [-0.39, 0.29) is 5.41 Å². The van der Waals surface area contributed by atoms with E-state index in [1.54, 1.807) is 0 Å². The highest BCUT2D eigenvalue weighted by Gasteiger charge is 2.19. The van der Waals surface area contributed by atoms with Gasteiger partial charge in [0.25, 0.3) is 0 Å². The lowest BCUT2D eigenvalue weighted by molar-refractivity contribution is 0.297. The molecular weight excluding hydrogens is 258 g/mol. The van der Waals surface area contributed by atoms with Crippen LogP contribution in [0.1, 0.15) is 65.5 Å². The monoisotopic (exact) mass is 291 g/mol. The summed E-state index contributed by atoms with van der Waals surface area (Å²) in [6, 6.07) is 7.20. The quantitative estimate of drug-likeness (QED) is 0.701. The van der Waals surface area contributed by atoms with Gasteiger partial charge in [-0.1, -0.05) is 53.7 Å². The summed E-state index contributed by atoms with van der Waals surface area (Å²) in [6.07, 6.45) is 3.33. The van der Waals surface area contributed by atoms with E-state index in [0.29, 0.717) is 6.04 Å². The van der Waals surface area contributed by atoms with E-state index in [9.17, 15) is 0 Å². The van der Waals surface area contributed by atoms with E-state index in [1.807, 2.05) is 0 Å². The Balaban J connectivity index is 2.54. The molecule has 0 heterocycles. The Morgan fingerprint density at radius 1 is 1.14 bits per heavy atom. The number of rotatable bonds is 8. The molecule has 0 unspecified atom stereocenters. The lowest BCUT2D eigenvalue weighted by Gasteiger charge is -2.23. The standard InChI is InChI=1S/C19H33NO/c1-7-16-10-11-18(17(14-16)19(4,5)6)21-13-9-8-12-20-15(2)3/h10-11,14-15,20H,7-9,12-13H2,1-6H3. The predicted molar refractivity (Wildman–Crippen MR) is 92.4 cm³/mol. The van der Waals surface area contributed by atoms with E-state index in [4.69, 9.17) is 4.74 Å². The number of hydrogen-bond acceptors (Lipinski definition) is 2. The van der Waals surface area contributed by atoms with Gasteiger partial charge in [0.15, 0.2) is 0 Å². The molecule has 0 aromatic heterocycles. The van der Waals surface area contributed by atoms with Crippen molar-refractivity contribution in [3.63, 3.8) is 0 Å². The van der Waals surface area contributed by atoms with Crippen LogP contribution < -0.4 is 10.1 Å². The molecule has 0 aliphatic heterocycles. The second-order valence-electron chi connectivity index (χ2n) is 7.10. The molecule has 0 radical (unpaired) electrons. The molecule has 1 rings (SSSR count). The van der Waals surface area contributed by atoms with Gasteiger partial charge in [0.2, 0.25) is 0 Å². The summed E-state index contributed by atoms with van der Waals surface area (Å²) in [5.74, 6) is 1.05. The first-order valence-corrected chi connectivity index (χ1v) is 8.34. The SMILES string of the molecule is CCc1ccc(OCCCCNC(C)C)c(C(C)(C)C)c1. The van der Waals surface area contributed by atoms with Crippen LogP contribution in [0.3, 0.4) is 0 Å². The Labute approximate surface area is 131 Å². The maximum Gasteiger partial charge on any atom is 0.123 e. The minimum Gasteiger partial charge on any atom is -0.493 e. The number of aryl methyl sites for hydroxylation is 1. The molecule has 0 fully saturated rings. The van der Waals surface area contributed by atoms with Crippen molar-refractivity contribution in [2.45, 2.75) is 72.3 Å². The summed E-state index contributed by atoms with van der Waals surface area (Å²) >= 11 is 0. The van der Waals surface area contributed by atoms with Crippen LogP contribution in [0.2, 0.25) is 0 Å². The second-order valence-corrected chi connectivity index (χ2v) is 7.10. The van der Waals surface area contributed by atoms with Gasteiger partial charge in [0, 0.05) is 6.04 Å². The van der Waals surface area contributed by atoms with Crippen molar-refractivity contribution in [1.82, 2.24) is 5.32 Å². The van der Waals surface area contributed by atoms with Gasteiger partial charge < -0.3 is 10.1 Å². The highest BCUT2D eigenvalue weighted by molar-refractivity contribution is 5.41. The molecule has 1 N–H and O–H groups in total. The summed E-state index contributed by atoms with van der Waals surface area (Å²) < 4.78 is 6.04. The zero-order chi connectivity index (χ0) is 15.9. The highest BCUT2D eigenvalue weighted by atomic mass is 16.5. The van der Waals surface area contributed by atoms with Crippen molar-refractivity contribution in [3.05, 3.63) is 29.3 Å². The Morgan fingerprint density at radius 2 is 1.86 bits per heavy atom. The lowest BCUT2D eigenvalue weighted by atomic mass is 9.85. The normalized spacial score (nSPS) is 12.0. The summed E-state index contributed by atoms with van der Waals surface area (Å²) in [4.78, 5) is 0. The number of hydrogen-bond donors (Lipinski definition) is 1. The van der Waals surface area contributed by atoms with E-state index >= 15 is 0 Å². The van der Waals surface area contributed by atoms with Crippen LogP contribution >= 0.6 is 0 Å². The molecule has 0 saturated carbocycles. The smallest absolute Gasteiger partial charge is 0.123 e. The summed E-state index contributed by atoms with van der Waals surface area (Å²) in [7, 11) is 0. The molecule has 1 aromatic rings. The molecule has 0 bridgehead atoms. The third-order valence-corrected chi connectivity index (χ3v) is 3.64. The van der Waals surface area contributed by atoms with Crippen molar-refractivity contribution < 1.29 is 4.74 Å². The minimum absolute atomic E-state index is 0.125. The number of ether oxygens (including phenoxy) is 1. The maximum atomic E-state index is 6.04. The van der Waals surface area contributed by atoms with Gasteiger partial charge in [-0.15, -0.1) is 0 Å². The van der Waals surface area contributed by atoms with Crippen LogP contribution in [0.4, 0.5) is 0 Å². The van der Waals surface area contributed by atoms with Gasteiger partial charge >= 0.3 is 0 Å². The van der Waals surface area contributed by atoms with Gasteiger partial charge in [-0.3, -0.25) is 0 Å². The molecule has 0 spiro atoms. The second kappa shape index (κ2) is 8.43. The highest BCUT2D eigenvalue weighted by Crippen LogP contribution is 2.32. The number of benzene rings is 1. The molecule has 2 heteroatoms. The Kier molecular flexibility index (Phi) is 7.24. The average Bonchev–Trinajstić information content (AvgIpc) is 2.41. The van der Waals surface area contributed by atoms with E-state index in [1.165, 1.54) is 11.1 Å². The van der Waals surface area contributed by atoms with Crippen molar-refractivity contribution in [3.8, 4) is 5.75 Å². The Morgan fingerprint density at radius 3 is 2.43 bits per heavy atom. The van der Waals surface area contributed by atoms with Crippen LogP contribution in [0.5, 0.6) is 5.75 Å². The molecule has 0 aliphatic rings. The topological polar surface area (TPSA) is 21.3 Å². The fourth-order valence-corrected chi connectivity index (χ4v) is 2.31. The molecule has 0 atom stereocenters. The van der Waals surface area contributed by atoms with Crippen LogP contribution in [0, 0.1) is 0 Å². The molecule has 0 saturated heterocycles. The lowest BCUT2D eigenvalue weighted by Crippen LogP contribution is -2.24. The first-order chi connectivity index (χ1) is 9.84. The van der Waals surface area contributed by atoms with E-state index < -0.39 is 0 Å². The van der Waals surface area contributed by atoms with Gasteiger partial charge in [-0.25, -0.2) is 0 Å². The van der Waals surface area contributed by atoms with Crippen LogP contribution in [0.15, 0.2) is 18.2 Å². The molecule has 2 nitrogen and oxygen atoms in total. The number of unbranched alkanes of at least 4 members (excludes halogenated alkanes) is 1. The van der Waals surface area contributed by atoms with Crippen molar-refractivity contribution >= 4 is 0 Å². The minimum atomic E-state index is 0.125. The Hall–Kier alpha value is -1.02. The maximum absolute atomic E-state index is 6.04. The average molecular weight is 291 g/mol. The molecule has 0 aliphatic carbocycles. The third kappa shape index (κ3) is 6.52. The van der Waals surface area contributed by atoms with E-state index in [0.717, 1.165) is 38.2 Å². The largest absolute Gasteiger partial charge is 0.493 e. The third-order valence-electron chi connectivity index (χ3n) is 3.64.